The van der Waals surface area contributed by atoms with Crippen molar-refractivity contribution in [1.82, 2.24) is 14.6 Å². The third kappa shape index (κ3) is 8.44. The lowest BCUT2D eigenvalue weighted by Gasteiger charge is -2.29. The van der Waals surface area contributed by atoms with Gasteiger partial charge in [0.1, 0.15) is 23.2 Å². The van der Waals surface area contributed by atoms with Crippen LogP contribution in [0.3, 0.4) is 0 Å². The number of likely N-dealkylation sites (tertiary alicyclic amines) is 1. The molecule has 1 aliphatic heterocycles. The fraction of sp³-hybridized carbons (Fsp3) is 0.475. The van der Waals surface area contributed by atoms with Crippen molar-refractivity contribution in [1.29, 1.82) is 0 Å². The summed E-state index contributed by atoms with van der Waals surface area (Å²) in [5.41, 5.74) is 6.07. The van der Waals surface area contributed by atoms with E-state index in [9.17, 15) is 27.6 Å². The maximum atomic E-state index is 14.4. The molecule has 0 bridgehead atoms. The largest absolute Gasteiger partial charge is 0.497 e. The number of nitrogens with zero attached hydrogens (tertiary/aromatic N) is 2. The number of carbonyl (C=O) groups is 4. The van der Waals surface area contributed by atoms with Gasteiger partial charge < -0.3 is 24.8 Å². The smallest absolute Gasteiger partial charge is 0.307 e. The molecule has 2 amide bonds. The minimum absolute atomic E-state index is 0.0131. The first-order valence-electron chi connectivity index (χ1n) is 18.2. The second-order valence-electron chi connectivity index (χ2n) is 15.5. The van der Waals surface area contributed by atoms with E-state index < -0.39 is 73.8 Å². The molecule has 6 rings (SSSR count). The number of Topliss-reactive ketones (excluding diaryl/α,β-unsaturated/α-hetero) is 1. The lowest BCUT2D eigenvalue weighted by atomic mass is 9.91. The lowest BCUT2D eigenvalue weighted by Crippen LogP contribution is -2.47. The molecule has 3 aliphatic rings. The Morgan fingerprint density at radius 3 is 2.44 bits per heavy atom. The molecule has 5 atom stereocenters. The van der Waals surface area contributed by atoms with Crippen molar-refractivity contribution in [3.05, 3.63) is 67.3 Å². The molecule has 1 unspecified atom stereocenters. The number of aromatic nitrogens is 1. The van der Waals surface area contributed by atoms with Gasteiger partial charge in [-0.25, -0.2) is 13.4 Å². The van der Waals surface area contributed by atoms with Crippen molar-refractivity contribution in [2.45, 2.75) is 82.3 Å². The summed E-state index contributed by atoms with van der Waals surface area (Å²) in [6, 6.07) is 15.8. The number of ketones is 1. The van der Waals surface area contributed by atoms with E-state index in [1.54, 1.807) is 46.1 Å². The van der Waals surface area contributed by atoms with Gasteiger partial charge in [-0.1, -0.05) is 36.4 Å². The Labute approximate surface area is 315 Å². The first-order chi connectivity index (χ1) is 25.6. The van der Waals surface area contributed by atoms with Gasteiger partial charge in [0.25, 0.3) is 0 Å². The van der Waals surface area contributed by atoms with Gasteiger partial charge >= 0.3 is 5.97 Å². The Balaban J connectivity index is 1.31. The lowest BCUT2D eigenvalue weighted by molar-refractivity contribution is -0.158. The minimum Gasteiger partial charge on any atom is -0.497 e. The first kappa shape index (κ1) is 38.9. The molecule has 3 N–H and O–H groups in total. The van der Waals surface area contributed by atoms with Crippen molar-refractivity contribution in [2.75, 3.05) is 20.2 Å². The number of benzene rings is 2. The van der Waals surface area contributed by atoms with Gasteiger partial charge in [-0.05, 0) is 58.1 Å². The molecule has 2 heterocycles. The van der Waals surface area contributed by atoms with Crippen LogP contribution in [0, 0.1) is 17.3 Å². The molecule has 2 aromatic carbocycles. The molecule has 54 heavy (non-hydrogen) atoms. The van der Waals surface area contributed by atoms with E-state index in [4.69, 9.17) is 24.9 Å². The number of ether oxygens (including phenoxy) is 3. The molecular weight excluding hydrogens is 713 g/mol. The normalized spacial score (nSPS) is 23.0. The van der Waals surface area contributed by atoms with E-state index >= 15 is 0 Å². The van der Waals surface area contributed by atoms with Crippen LogP contribution in [0.4, 0.5) is 0 Å². The topological polar surface area (TPSA) is 184 Å². The minimum atomic E-state index is -3.87. The van der Waals surface area contributed by atoms with Gasteiger partial charge in [-0.3, -0.25) is 23.9 Å². The highest BCUT2D eigenvalue weighted by atomic mass is 32.2. The van der Waals surface area contributed by atoms with Gasteiger partial charge in [0, 0.05) is 42.5 Å². The first-order valence-corrected chi connectivity index (χ1v) is 19.8. The van der Waals surface area contributed by atoms with Crippen LogP contribution < -0.4 is 19.9 Å². The summed E-state index contributed by atoms with van der Waals surface area (Å²) in [5.74, 6) is -2.63. The molecule has 1 saturated heterocycles. The van der Waals surface area contributed by atoms with E-state index in [-0.39, 0.29) is 38.8 Å². The number of allylic oxidation sites excluding steroid dienone is 1. The standard InChI is InChI=1S/C40H48N4O9S/c1-6-26-20-40(26,38(48)43-54(49,50)29-13-14-29)21-34(45)33-18-28(23-44(33)37(47)25(22-41)16-36(46)53-39(2,3)4)52-35-19-31(24-10-8-7-9-11-24)42-32-17-27(51-5)12-15-30(32)35/h6-12,15,17,19,25-26,28-29,33H,1,13-14,16,18,20-23,41H2,2-5H3,(H,43,48)/t25-,26+,28?,33-,40+/m0/s1. The SMILES string of the molecule is C=C[C@@H]1C[C@]1(CC(=O)[C@@H]1CC(Oc2cc(-c3ccccc3)nc3cc(OC)ccc23)CN1C(=O)[C@H](CN)CC(=O)OC(C)(C)C)C(=O)NS(=O)(=O)C1CC1. The summed E-state index contributed by atoms with van der Waals surface area (Å²) in [7, 11) is -2.30. The zero-order chi connectivity index (χ0) is 39.0. The van der Waals surface area contributed by atoms with Gasteiger partial charge in [-0.15, -0.1) is 6.58 Å². The number of amides is 2. The second-order valence-corrected chi connectivity index (χ2v) is 17.4. The van der Waals surface area contributed by atoms with Crippen LogP contribution in [0.1, 0.15) is 59.3 Å². The average molecular weight is 761 g/mol. The number of nitrogens with two attached hydrogens (primary N) is 1. The molecule has 14 heteroatoms. The summed E-state index contributed by atoms with van der Waals surface area (Å²) in [5, 5.41) is 0.0640. The Morgan fingerprint density at radius 2 is 1.83 bits per heavy atom. The number of pyridine rings is 1. The van der Waals surface area contributed by atoms with Gasteiger partial charge in [0.15, 0.2) is 5.78 Å². The number of hydrogen-bond acceptors (Lipinski definition) is 11. The van der Waals surface area contributed by atoms with Crippen molar-refractivity contribution in [3.63, 3.8) is 0 Å². The summed E-state index contributed by atoms with van der Waals surface area (Å²) < 4.78 is 45.2. The fourth-order valence-electron chi connectivity index (χ4n) is 7.17. The maximum Gasteiger partial charge on any atom is 0.307 e. The predicted molar refractivity (Wildman–Crippen MR) is 202 cm³/mol. The van der Waals surface area contributed by atoms with Crippen LogP contribution >= 0.6 is 0 Å². The zero-order valence-electron chi connectivity index (χ0n) is 31.1. The molecule has 3 aromatic rings. The van der Waals surface area contributed by atoms with Crippen LogP contribution in [0.2, 0.25) is 0 Å². The van der Waals surface area contributed by atoms with E-state index in [2.05, 4.69) is 11.3 Å². The quantitative estimate of drug-likeness (QED) is 0.166. The highest BCUT2D eigenvalue weighted by Gasteiger charge is 2.61. The summed E-state index contributed by atoms with van der Waals surface area (Å²) >= 11 is 0. The van der Waals surface area contributed by atoms with Crippen LogP contribution in [0.25, 0.3) is 22.2 Å². The zero-order valence-corrected chi connectivity index (χ0v) is 31.9. The molecule has 0 spiro atoms. The van der Waals surface area contributed by atoms with Crippen LogP contribution in [0.15, 0.2) is 67.3 Å². The van der Waals surface area contributed by atoms with Gasteiger partial charge in [0.2, 0.25) is 21.8 Å². The summed E-state index contributed by atoms with van der Waals surface area (Å²) in [6.07, 6.45) is 1.52. The van der Waals surface area contributed by atoms with Gasteiger partial charge in [-0.2, -0.15) is 0 Å². The third-order valence-electron chi connectivity index (χ3n) is 10.3. The van der Waals surface area contributed by atoms with Crippen LogP contribution in [-0.2, 0) is 33.9 Å². The van der Waals surface area contributed by atoms with E-state index in [0.717, 1.165) is 5.56 Å². The number of methoxy groups -OCH3 is 1. The Hall–Kier alpha value is -4.82. The molecule has 2 saturated carbocycles. The highest BCUT2D eigenvalue weighted by Crippen LogP contribution is 2.57. The number of carbonyl (C=O) groups excluding carboxylic acids is 4. The number of nitrogens with one attached hydrogen (secondary N) is 1. The van der Waals surface area contributed by atoms with Crippen molar-refractivity contribution in [3.8, 4) is 22.8 Å². The Morgan fingerprint density at radius 1 is 1.11 bits per heavy atom. The highest BCUT2D eigenvalue weighted by molar-refractivity contribution is 7.90. The molecule has 1 aromatic heterocycles. The predicted octanol–water partition coefficient (Wildman–Crippen LogP) is 4.33. The summed E-state index contributed by atoms with van der Waals surface area (Å²) in [6.45, 7) is 8.78. The second kappa shape index (κ2) is 15.1. The molecular formula is C40H48N4O9S. The van der Waals surface area contributed by atoms with Crippen LogP contribution in [0.5, 0.6) is 11.5 Å². The fourth-order valence-corrected chi connectivity index (χ4v) is 8.55. The molecule has 288 valence electrons. The molecule has 3 fully saturated rings. The van der Waals surface area contributed by atoms with Crippen molar-refractivity contribution in [2.24, 2.45) is 23.0 Å². The van der Waals surface area contributed by atoms with Crippen molar-refractivity contribution >= 4 is 44.5 Å². The average Bonchev–Trinajstić information content (AvgIpc) is 4.06. The van der Waals surface area contributed by atoms with E-state index in [1.807, 2.05) is 42.5 Å². The number of fused-ring (bicyclic) bond motifs is 1. The number of rotatable bonds is 15. The molecule has 0 radical (unpaired) electrons. The third-order valence-corrected chi connectivity index (χ3v) is 12.1. The van der Waals surface area contributed by atoms with E-state index in [1.165, 1.54) is 4.90 Å². The Bertz CT molecular complexity index is 2060. The summed E-state index contributed by atoms with van der Waals surface area (Å²) in [4.78, 5) is 61.2. The van der Waals surface area contributed by atoms with E-state index in [0.29, 0.717) is 40.9 Å². The number of hydrogen-bond donors (Lipinski definition) is 2. The molecule has 2 aliphatic carbocycles. The van der Waals surface area contributed by atoms with Crippen molar-refractivity contribution < 1.29 is 41.8 Å². The molecule has 13 nitrogen and oxygen atoms in total. The number of esters is 1. The van der Waals surface area contributed by atoms with Crippen LogP contribution in [-0.4, -0.2) is 85.1 Å². The monoisotopic (exact) mass is 760 g/mol. The maximum absolute atomic E-state index is 14.4. The number of sulfonamides is 1. The van der Waals surface area contributed by atoms with Gasteiger partial charge in [0.05, 0.1) is 53.9 Å². The Kier molecular flexibility index (Phi) is 10.9.